The van der Waals surface area contributed by atoms with Gasteiger partial charge in [-0.3, -0.25) is 4.79 Å². The minimum Gasteiger partial charge on any atom is -0.454 e. The molecule has 0 unspecified atom stereocenters. The van der Waals surface area contributed by atoms with E-state index in [0.717, 1.165) is 28.2 Å². The van der Waals surface area contributed by atoms with Crippen LogP contribution in [0.25, 0.3) is 0 Å². The Labute approximate surface area is 181 Å². The van der Waals surface area contributed by atoms with Gasteiger partial charge in [0, 0.05) is 24.2 Å². The fourth-order valence-corrected chi connectivity index (χ4v) is 3.66. The average Bonchev–Trinajstić information content (AvgIpc) is 3.23. The first-order valence-electron chi connectivity index (χ1n) is 9.76. The zero-order valence-corrected chi connectivity index (χ0v) is 17.7. The molecule has 0 saturated heterocycles. The van der Waals surface area contributed by atoms with E-state index in [1.54, 1.807) is 0 Å². The van der Waals surface area contributed by atoms with E-state index < -0.39 is 6.04 Å². The summed E-state index contributed by atoms with van der Waals surface area (Å²) in [5.74, 6) is 1.42. The Hall–Kier alpha value is -3.25. The number of benzene rings is 2. The van der Waals surface area contributed by atoms with E-state index in [4.69, 9.17) is 21.7 Å². The van der Waals surface area contributed by atoms with Gasteiger partial charge in [-0.25, -0.2) is 0 Å². The molecule has 0 saturated carbocycles. The molecule has 0 amide bonds. The Kier molecular flexibility index (Phi) is 5.77. The highest BCUT2D eigenvalue weighted by atomic mass is 32.1. The van der Waals surface area contributed by atoms with Crippen molar-refractivity contribution in [1.29, 1.82) is 0 Å². The van der Waals surface area contributed by atoms with Gasteiger partial charge in [0.1, 0.15) is 0 Å². The van der Waals surface area contributed by atoms with Gasteiger partial charge in [-0.2, -0.15) is 4.57 Å². The monoisotopic (exact) mass is 419 g/mol. The highest BCUT2D eigenvalue weighted by Crippen LogP contribution is 2.32. The number of carbonyl (C=O) groups is 1. The molecule has 0 radical (unpaired) electrons. The van der Waals surface area contributed by atoms with Gasteiger partial charge in [0.25, 0.3) is 6.04 Å². The molecule has 0 fully saturated rings. The van der Waals surface area contributed by atoms with Crippen LogP contribution in [0.15, 0.2) is 67.0 Å². The van der Waals surface area contributed by atoms with E-state index in [9.17, 15) is 4.79 Å². The highest BCUT2D eigenvalue weighted by Gasteiger charge is 2.33. The number of ketones is 1. The lowest BCUT2D eigenvalue weighted by Gasteiger charge is -2.15. The van der Waals surface area contributed by atoms with Gasteiger partial charge in [-0.1, -0.05) is 36.5 Å². The summed E-state index contributed by atoms with van der Waals surface area (Å²) in [4.78, 5) is 13.9. The number of pyridine rings is 1. The maximum absolute atomic E-state index is 13.4. The van der Waals surface area contributed by atoms with Gasteiger partial charge in [0.05, 0.1) is 0 Å². The minimum atomic E-state index is -0.627. The number of aromatic nitrogens is 1. The van der Waals surface area contributed by atoms with Crippen molar-refractivity contribution in [3.05, 3.63) is 89.2 Å². The molecule has 1 aliphatic heterocycles. The largest absolute Gasteiger partial charge is 0.454 e. The number of carbonyl (C=O) groups excluding carboxylic acids is 1. The number of rotatable bonds is 6. The third-order valence-corrected chi connectivity index (χ3v) is 5.60. The number of ether oxygens (including phenoxy) is 2. The molecule has 0 bridgehead atoms. The van der Waals surface area contributed by atoms with Crippen LogP contribution in [0.1, 0.15) is 33.1 Å². The Morgan fingerprint density at radius 3 is 2.57 bits per heavy atom. The molecule has 1 N–H and O–H groups in total. The summed E-state index contributed by atoms with van der Waals surface area (Å²) in [6.45, 7) is 4.76. The fourth-order valence-electron chi connectivity index (χ4n) is 3.36. The number of aryl methyl sites for hydroxylation is 2. The van der Waals surface area contributed by atoms with Gasteiger partial charge in [0.2, 0.25) is 12.6 Å². The highest BCUT2D eigenvalue weighted by molar-refractivity contribution is 7.80. The smallest absolute Gasteiger partial charge is 0.270 e. The summed E-state index contributed by atoms with van der Waals surface area (Å²) in [5.41, 5.74) is 3.87. The predicted octanol–water partition coefficient (Wildman–Crippen LogP) is 3.86. The SMILES string of the molecule is Cc1ccc(C(=O)[C@H](C(=S)NCc2ccc3c(c2)OCO3)[n+]2ccccc2)cc1C. The minimum absolute atomic E-state index is 0.0440. The van der Waals surface area contributed by atoms with Crippen molar-refractivity contribution in [3.8, 4) is 11.5 Å². The van der Waals surface area contributed by atoms with E-state index in [1.165, 1.54) is 0 Å². The molecule has 1 atom stereocenters. The van der Waals surface area contributed by atoms with Crippen LogP contribution in [-0.2, 0) is 6.54 Å². The van der Waals surface area contributed by atoms with Gasteiger partial charge < -0.3 is 14.8 Å². The van der Waals surface area contributed by atoms with Crippen molar-refractivity contribution in [2.75, 3.05) is 6.79 Å². The molecule has 152 valence electrons. The second-order valence-electron chi connectivity index (χ2n) is 7.29. The number of fused-ring (bicyclic) bond motifs is 1. The summed E-state index contributed by atoms with van der Waals surface area (Å²) in [5, 5.41) is 3.26. The normalized spacial score (nSPS) is 13.0. The van der Waals surface area contributed by atoms with E-state index >= 15 is 0 Å². The molecule has 0 spiro atoms. The van der Waals surface area contributed by atoms with Crippen molar-refractivity contribution < 1.29 is 18.8 Å². The first-order chi connectivity index (χ1) is 14.5. The maximum Gasteiger partial charge on any atom is 0.270 e. The summed E-state index contributed by atoms with van der Waals surface area (Å²) >= 11 is 5.68. The molecular weight excluding hydrogens is 396 g/mol. The lowest BCUT2D eigenvalue weighted by molar-refractivity contribution is -0.692. The Morgan fingerprint density at radius 1 is 1.03 bits per heavy atom. The summed E-state index contributed by atoms with van der Waals surface area (Å²) in [6.07, 6.45) is 3.72. The number of hydrogen-bond acceptors (Lipinski definition) is 4. The maximum atomic E-state index is 13.4. The van der Waals surface area contributed by atoms with Crippen LogP contribution < -0.4 is 19.4 Å². The molecule has 2 aromatic carbocycles. The lowest BCUT2D eigenvalue weighted by Crippen LogP contribution is -2.51. The van der Waals surface area contributed by atoms with Crippen molar-refractivity contribution in [2.24, 2.45) is 0 Å². The molecule has 0 aliphatic carbocycles. The number of thiocarbonyl (C=S) groups is 1. The van der Waals surface area contributed by atoms with Crippen molar-refractivity contribution in [1.82, 2.24) is 5.32 Å². The zero-order chi connectivity index (χ0) is 21.1. The third kappa shape index (κ3) is 4.19. The van der Waals surface area contributed by atoms with Crippen molar-refractivity contribution in [2.45, 2.75) is 26.4 Å². The molecule has 6 heteroatoms. The molecule has 4 rings (SSSR count). The summed E-state index contributed by atoms with van der Waals surface area (Å²) < 4.78 is 12.6. The Morgan fingerprint density at radius 2 is 1.80 bits per heavy atom. The summed E-state index contributed by atoms with van der Waals surface area (Å²) in [6, 6.07) is 16.6. The average molecular weight is 420 g/mol. The van der Waals surface area contributed by atoms with Crippen molar-refractivity contribution in [3.63, 3.8) is 0 Å². The van der Waals surface area contributed by atoms with Crippen LogP contribution in [0.3, 0.4) is 0 Å². The van der Waals surface area contributed by atoms with E-state index in [1.807, 2.05) is 85.4 Å². The zero-order valence-electron chi connectivity index (χ0n) is 16.9. The predicted molar refractivity (Wildman–Crippen MR) is 118 cm³/mol. The number of nitrogens with zero attached hydrogens (tertiary/aromatic N) is 1. The Bertz CT molecular complexity index is 1100. The first kappa shape index (κ1) is 20.0. The molecule has 2 heterocycles. The quantitative estimate of drug-likeness (QED) is 0.374. The molecule has 1 aromatic heterocycles. The van der Waals surface area contributed by atoms with E-state index in [-0.39, 0.29) is 12.6 Å². The standard InChI is InChI=1S/C24H22N2O3S/c1-16-6-8-19(12-17(16)2)23(27)22(26-10-4-3-5-11-26)24(30)25-14-18-7-9-20-21(13-18)29-15-28-20/h3-13,22H,14-15H2,1-2H3/p+1/t22-/m1/s1. The van der Waals surface area contributed by atoms with Gasteiger partial charge in [-0.15, -0.1) is 0 Å². The van der Waals surface area contributed by atoms with Crippen LogP contribution in [0.4, 0.5) is 0 Å². The molecule has 3 aromatic rings. The summed E-state index contributed by atoms with van der Waals surface area (Å²) in [7, 11) is 0. The van der Waals surface area contributed by atoms with Gasteiger partial charge in [0.15, 0.2) is 28.9 Å². The van der Waals surface area contributed by atoms with Crippen LogP contribution in [0.2, 0.25) is 0 Å². The van der Waals surface area contributed by atoms with Crippen molar-refractivity contribution >= 4 is 23.0 Å². The number of hydrogen-bond donors (Lipinski definition) is 1. The van der Waals surface area contributed by atoms with E-state index in [2.05, 4.69) is 5.32 Å². The van der Waals surface area contributed by atoms with Crippen LogP contribution in [0.5, 0.6) is 11.5 Å². The molecular formula is C24H23N2O3S+. The van der Waals surface area contributed by atoms with E-state index in [0.29, 0.717) is 17.1 Å². The Balaban J connectivity index is 1.57. The number of nitrogens with one attached hydrogen (secondary N) is 1. The molecule has 30 heavy (non-hydrogen) atoms. The van der Waals surface area contributed by atoms with Crippen LogP contribution >= 0.6 is 12.2 Å². The topological polar surface area (TPSA) is 51.4 Å². The fraction of sp³-hybridized carbons (Fsp3) is 0.208. The first-order valence-corrected chi connectivity index (χ1v) is 10.2. The second kappa shape index (κ2) is 8.63. The van der Waals surface area contributed by atoms with Crippen LogP contribution in [-0.4, -0.2) is 17.6 Å². The number of Topliss-reactive ketones (excluding diaryl/α,β-unsaturated/α-hetero) is 1. The molecule has 1 aliphatic rings. The van der Waals surface area contributed by atoms with Crippen LogP contribution in [0, 0.1) is 13.8 Å². The second-order valence-corrected chi connectivity index (χ2v) is 7.73. The van der Waals surface area contributed by atoms with Gasteiger partial charge >= 0.3 is 0 Å². The van der Waals surface area contributed by atoms with Gasteiger partial charge in [-0.05, 0) is 48.7 Å². The third-order valence-electron chi connectivity index (χ3n) is 5.23. The lowest BCUT2D eigenvalue weighted by atomic mass is 9.99. The molecule has 5 nitrogen and oxygen atoms in total.